The molecule has 4 nitrogen and oxygen atoms in total. The first-order chi connectivity index (χ1) is 6.20. The van der Waals surface area contributed by atoms with Crippen LogP contribution in [0.2, 0.25) is 0 Å². The molecule has 0 bridgehead atoms. The highest BCUT2D eigenvalue weighted by Crippen LogP contribution is 2.14. The molecule has 0 aliphatic carbocycles. The molecule has 0 fully saturated rings. The second kappa shape index (κ2) is 2.88. The molecule has 1 N–H and O–H groups in total. The largest absolute Gasteiger partial charge is 0.268 e. The van der Waals surface area contributed by atoms with E-state index in [4.69, 9.17) is 0 Å². The molecule has 0 aromatic heterocycles. The van der Waals surface area contributed by atoms with Gasteiger partial charge in [-0.05, 0) is 0 Å². The van der Waals surface area contributed by atoms with Crippen LogP contribution in [0, 0.1) is 5.92 Å². The molecule has 0 spiro atoms. The minimum absolute atomic E-state index is 0.370. The summed E-state index contributed by atoms with van der Waals surface area (Å²) in [5.74, 6) is 2.38. The number of hydrogen-bond donors (Lipinski definition) is 1. The maximum absolute atomic E-state index is 4.15. The smallest absolute Gasteiger partial charge is 0.256 e. The third kappa shape index (κ3) is 1.23. The summed E-state index contributed by atoms with van der Waals surface area (Å²) in [6, 6.07) is 0. The van der Waals surface area contributed by atoms with Crippen molar-refractivity contribution in [2.75, 3.05) is 7.05 Å². The van der Waals surface area contributed by atoms with Gasteiger partial charge in [-0.3, -0.25) is 4.99 Å². The van der Waals surface area contributed by atoms with Gasteiger partial charge in [-0.1, -0.05) is 17.1 Å². The Morgan fingerprint density at radius 1 is 1.38 bits per heavy atom. The molecule has 0 saturated carbocycles. The predicted molar refractivity (Wildman–Crippen MR) is 53.2 cm³/mol. The van der Waals surface area contributed by atoms with Crippen LogP contribution in [0.1, 0.15) is 13.8 Å². The second-order valence-corrected chi connectivity index (χ2v) is 3.43. The van der Waals surface area contributed by atoms with E-state index in [0.29, 0.717) is 5.92 Å². The highest BCUT2D eigenvalue weighted by Gasteiger charge is 2.29. The minimum atomic E-state index is 0.370. The molecule has 0 aromatic rings. The zero-order chi connectivity index (χ0) is 9.42. The van der Waals surface area contributed by atoms with E-state index in [2.05, 4.69) is 29.2 Å². The van der Waals surface area contributed by atoms with Crippen LogP contribution in [-0.4, -0.2) is 24.9 Å². The minimum Gasteiger partial charge on any atom is -0.268 e. The van der Waals surface area contributed by atoms with Gasteiger partial charge in [0.25, 0.3) is 5.84 Å². The van der Waals surface area contributed by atoms with Crippen molar-refractivity contribution in [3.05, 3.63) is 11.8 Å². The van der Waals surface area contributed by atoms with Crippen LogP contribution in [0.15, 0.2) is 27.0 Å². The van der Waals surface area contributed by atoms with Gasteiger partial charge in [0.15, 0.2) is 0 Å². The topological polar surface area (TPSA) is 41.5 Å². The summed E-state index contributed by atoms with van der Waals surface area (Å²) in [7, 11) is 2.05. The lowest BCUT2D eigenvalue weighted by molar-refractivity contribution is -0.672. The molecule has 2 unspecified atom stereocenters. The summed E-state index contributed by atoms with van der Waals surface area (Å²) < 4.78 is 0. The molecule has 68 valence electrons. The standard InChI is InChI=1S/C9H12N4/c1-6-4-10-5-8(6)9-12-11-7(2)13(9)3/h4-6H,1-3H3/p+1. The highest BCUT2D eigenvalue weighted by atomic mass is 15.4. The molecule has 2 aliphatic rings. The third-order valence-electron chi connectivity index (χ3n) is 2.49. The number of aliphatic imine (C=N–C) groups is 1. The molecule has 0 aromatic carbocycles. The van der Waals surface area contributed by atoms with Gasteiger partial charge in [0, 0.05) is 25.3 Å². The van der Waals surface area contributed by atoms with E-state index in [-0.39, 0.29) is 0 Å². The van der Waals surface area contributed by atoms with E-state index in [1.807, 2.05) is 19.3 Å². The number of likely N-dealkylation sites (N-methyl/N-ethyl adjacent to an activating group) is 1. The Hall–Kier alpha value is -1.29. The van der Waals surface area contributed by atoms with E-state index >= 15 is 0 Å². The van der Waals surface area contributed by atoms with Gasteiger partial charge in [-0.15, -0.1) is 0 Å². The van der Waals surface area contributed by atoms with Crippen molar-refractivity contribution in [1.82, 2.24) is 0 Å². The first kappa shape index (κ1) is 8.31. The van der Waals surface area contributed by atoms with Crippen LogP contribution >= 0.6 is 0 Å². The average molecular weight is 177 g/mol. The van der Waals surface area contributed by atoms with Crippen LogP contribution in [0.5, 0.6) is 0 Å². The summed E-state index contributed by atoms with van der Waals surface area (Å²) >= 11 is 0. The fourth-order valence-corrected chi connectivity index (χ4v) is 1.45. The van der Waals surface area contributed by atoms with Crippen LogP contribution < -0.4 is 4.90 Å². The molecular weight excluding hydrogens is 164 g/mol. The maximum Gasteiger partial charge on any atom is 0.256 e. The Labute approximate surface area is 77.4 Å². The SMILES string of the molecule is CC1=NN=C(C2=CN=CC2C)[NH+]1C. The molecule has 2 atom stereocenters. The molecular formula is C9H13N4+. The zero-order valence-corrected chi connectivity index (χ0v) is 8.07. The lowest BCUT2D eigenvalue weighted by atomic mass is 10.0. The first-order valence-corrected chi connectivity index (χ1v) is 4.40. The number of hydrogen-bond acceptors (Lipinski definition) is 3. The van der Waals surface area contributed by atoms with Gasteiger partial charge in [0.1, 0.15) is 0 Å². The van der Waals surface area contributed by atoms with Crippen molar-refractivity contribution in [2.24, 2.45) is 21.1 Å². The van der Waals surface area contributed by atoms with Gasteiger partial charge >= 0.3 is 0 Å². The van der Waals surface area contributed by atoms with Crippen LogP contribution in [0.4, 0.5) is 0 Å². The molecule has 2 heterocycles. The maximum atomic E-state index is 4.15. The van der Waals surface area contributed by atoms with E-state index in [1.165, 1.54) is 10.5 Å². The molecule has 0 amide bonds. The van der Waals surface area contributed by atoms with E-state index in [1.54, 1.807) is 0 Å². The quantitative estimate of drug-likeness (QED) is 0.579. The van der Waals surface area contributed by atoms with Gasteiger partial charge < -0.3 is 0 Å². The summed E-state index contributed by atoms with van der Waals surface area (Å²) in [5.41, 5.74) is 1.18. The molecule has 0 saturated heterocycles. The van der Waals surface area contributed by atoms with Crippen molar-refractivity contribution >= 4 is 17.9 Å². The predicted octanol–water partition coefficient (Wildman–Crippen LogP) is -0.149. The molecule has 2 aliphatic heterocycles. The fraction of sp³-hybridized carbons (Fsp3) is 0.444. The van der Waals surface area contributed by atoms with Crippen molar-refractivity contribution in [3.8, 4) is 0 Å². The Kier molecular flexibility index (Phi) is 1.84. The van der Waals surface area contributed by atoms with Crippen molar-refractivity contribution < 1.29 is 4.90 Å². The third-order valence-corrected chi connectivity index (χ3v) is 2.49. The lowest BCUT2D eigenvalue weighted by Gasteiger charge is -2.10. The Morgan fingerprint density at radius 3 is 2.62 bits per heavy atom. The van der Waals surface area contributed by atoms with Crippen molar-refractivity contribution in [2.45, 2.75) is 13.8 Å². The Morgan fingerprint density at radius 2 is 2.15 bits per heavy atom. The van der Waals surface area contributed by atoms with Gasteiger partial charge in [0.05, 0.1) is 12.6 Å². The van der Waals surface area contributed by atoms with E-state index < -0.39 is 0 Å². The van der Waals surface area contributed by atoms with E-state index in [9.17, 15) is 0 Å². The van der Waals surface area contributed by atoms with Crippen molar-refractivity contribution in [3.63, 3.8) is 0 Å². The lowest BCUT2D eigenvalue weighted by Crippen LogP contribution is -3.13. The average Bonchev–Trinajstić information content (AvgIpc) is 2.62. The van der Waals surface area contributed by atoms with Crippen LogP contribution in [0.3, 0.4) is 0 Å². The fourth-order valence-electron chi connectivity index (χ4n) is 1.45. The van der Waals surface area contributed by atoms with Gasteiger partial charge in [0.2, 0.25) is 5.84 Å². The number of rotatable bonds is 1. The molecule has 13 heavy (non-hydrogen) atoms. The van der Waals surface area contributed by atoms with Gasteiger partial charge in [-0.25, -0.2) is 4.90 Å². The highest BCUT2D eigenvalue weighted by molar-refractivity contribution is 6.03. The summed E-state index contributed by atoms with van der Waals surface area (Å²) in [6.07, 6.45) is 3.81. The molecule has 0 radical (unpaired) electrons. The number of nitrogens with one attached hydrogen (secondary N) is 1. The zero-order valence-electron chi connectivity index (χ0n) is 8.07. The van der Waals surface area contributed by atoms with Crippen LogP contribution in [0.25, 0.3) is 0 Å². The summed E-state index contributed by atoms with van der Waals surface area (Å²) in [6.45, 7) is 4.10. The molecule has 2 rings (SSSR count). The second-order valence-electron chi connectivity index (χ2n) is 3.43. The number of amidine groups is 2. The van der Waals surface area contributed by atoms with Crippen molar-refractivity contribution in [1.29, 1.82) is 0 Å². The molecule has 4 heteroatoms. The normalized spacial score (nSPS) is 31.8. The van der Waals surface area contributed by atoms with E-state index in [0.717, 1.165) is 11.7 Å². The van der Waals surface area contributed by atoms with Gasteiger partial charge in [-0.2, -0.15) is 0 Å². The number of nitrogens with zero attached hydrogens (tertiary/aromatic N) is 3. The number of quaternary nitrogens is 1. The first-order valence-electron chi connectivity index (χ1n) is 4.40. The summed E-state index contributed by atoms with van der Waals surface area (Å²) in [5, 5.41) is 8.20. The summed E-state index contributed by atoms with van der Waals surface area (Å²) in [4.78, 5) is 5.29. The monoisotopic (exact) mass is 177 g/mol. The Balaban J connectivity index is 2.22. The van der Waals surface area contributed by atoms with Crippen LogP contribution in [-0.2, 0) is 0 Å². The Bertz CT molecular complexity index is 349.